The van der Waals surface area contributed by atoms with Gasteiger partial charge < -0.3 is 10.0 Å². The highest BCUT2D eigenvalue weighted by Crippen LogP contribution is 2.22. The van der Waals surface area contributed by atoms with Crippen molar-refractivity contribution in [2.75, 3.05) is 26.2 Å². The summed E-state index contributed by atoms with van der Waals surface area (Å²) >= 11 is 0. The SMILES string of the molecule is OC[C@@H]1CCCN(C[C@H]2CC=CCC2)C1. The van der Waals surface area contributed by atoms with Crippen molar-refractivity contribution in [2.24, 2.45) is 11.8 Å². The normalized spacial score (nSPS) is 33.1. The Morgan fingerprint density at radius 2 is 2.13 bits per heavy atom. The zero-order valence-electron chi connectivity index (χ0n) is 9.57. The second-order valence-electron chi connectivity index (χ2n) is 5.10. The van der Waals surface area contributed by atoms with Gasteiger partial charge in [-0.15, -0.1) is 0 Å². The van der Waals surface area contributed by atoms with Gasteiger partial charge in [0.15, 0.2) is 0 Å². The molecule has 1 saturated heterocycles. The smallest absolute Gasteiger partial charge is 0.0471 e. The molecule has 0 aromatic heterocycles. The van der Waals surface area contributed by atoms with Crippen LogP contribution in [0.2, 0.25) is 0 Å². The van der Waals surface area contributed by atoms with E-state index < -0.39 is 0 Å². The largest absolute Gasteiger partial charge is 0.396 e. The second kappa shape index (κ2) is 5.66. The summed E-state index contributed by atoms with van der Waals surface area (Å²) in [6.07, 6.45) is 11.0. The topological polar surface area (TPSA) is 23.5 Å². The Morgan fingerprint density at radius 3 is 2.87 bits per heavy atom. The number of hydrogen-bond donors (Lipinski definition) is 1. The maximum absolute atomic E-state index is 9.18. The summed E-state index contributed by atoms with van der Waals surface area (Å²) in [6, 6.07) is 0. The van der Waals surface area contributed by atoms with Crippen molar-refractivity contribution in [3.05, 3.63) is 12.2 Å². The van der Waals surface area contributed by atoms with Gasteiger partial charge in [0.2, 0.25) is 0 Å². The minimum Gasteiger partial charge on any atom is -0.396 e. The van der Waals surface area contributed by atoms with Crippen molar-refractivity contribution in [3.8, 4) is 0 Å². The van der Waals surface area contributed by atoms with E-state index in [0.717, 1.165) is 12.5 Å². The van der Waals surface area contributed by atoms with Crippen LogP contribution in [0, 0.1) is 11.8 Å². The lowest BCUT2D eigenvalue weighted by Crippen LogP contribution is -2.39. The lowest BCUT2D eigenvalue weighted by Gasteiger charge is -2.34. The molecule has 0 aromatic rings. The molecule has 1 N–H and O–H groups in total. The Balaban J connectivity index is 1.75. The number of nitrogens with zero attached hydrogens (tertiary/aromatic N) is 1. The minimum atomic E-state index is 0.376. The highest BCUT2D eigenvalue weighted by atomic mass is 16.3. The Labute approximate surface area is 93.0 Å². The van der Waals surface area contributed by atoms with Gasteiger partial charge in [0.25, 0.3) is 0 Å². The van der Waals surface area contributed by atoms with E-state index >= 15 is 0 Å². The Morgan fingerprint density at radius 1 is 1.20 bits per heavy atom. The summed E-state index contributed by atoms with van der Waals surface area (Å²) in [6.45, 7) is 4.00. The van der Waals surface area contributed by atoms with Crippen molar-refractivity contribution in [1.82, 2.24) is 4.90 Å². The third-order valence-corrected chi connectivity index (χ3v) is 3.76. The molecule has 15 heavy (non-hydrogen) atoms. The Hall–Kier alpha value is -0.340. The number of aliphatic hydroxyl groups excluding tert-OH is 1. The first-order valence-electron chi connectivity index (χ1n) is 6.36. The third-order valence-electron chi connectivity index (χ3n) is 3.76. The number of likely N-dealkylation sites (tertiary alicyclic amines) is 1. The van der Waals surface area contributed by atoms with Crippen LogP contribution in [0.3, 0.4) is 0 Å². The zero-order valence-corrected chi connectivity index (χ0v) is 9.57. The molecule has 1 aliphatic carbocycles. The molecule has 2 heteroatoms. The summed E-state index contributed by atoms with van der Waals surface area (Å²) in [4.78, 5) is 2.56. The van der Waals surface area contributed by atoms with E-state index in [4.69, 9.17) is 0 Å². The molecular formula is C13H23NO. The summed E-state index contributed by atoms with van der Waals surface area (Å²) in [7, 11) is 0. The van der Waals surface area contributed by atoms with Gasteiger partial charge in [-0.3, -0.25) is 0 Å². The second-order valence-corrected chi connectivity index (χ2v) is 5.10. The summed E-state index contributed by atoms with van der Waals surface area (Å²) in [5, 5.41) is 9.18. The van der Waals surface area contributed by atoms with Crippen molar-refractivity contribution in [3.63, 3.8) is 0 Å². The molecule has 0 radical (unpaired) electrons. The fraction of sp³-hybridized carbons (Fsp3) is 0.846. The van der Waals surface area contributed by atoms with E-state index in [2.05, 4.69) is 17.1 Å². The molecule has 2 nitrogen and oxygen atoms in total. The molecule has 2 aliphatic rings. The van der Waals surface area contributed by atoms with E-state index in [-0.39, 0.29) is 0 Å². The molecule has 86 valence electrons. The van der Waals surface area contributed by atoms with Crippen molar-refractivity contribution in [2.45, 2.75) is 32.1 Å². The van der Waals surface area contributed by atoms with Crippen LogP contribution in [0.5, 0.6) is 0 Å². The average Bonchev–Trinajstić information content (AvgIpc) is 2.31. The van der Waals surface area contributed by atoms with E-state index in [1.807, 2.05) is 0 Å². The van der Waals surface area contributed by atoms with E-state index in [0.29, 0.717) is 12.5 Å². The van der Waals surface area contributed by atoms with Gasteiger partial charge >= 0.3 is 0 Å². The van der Waals surface area contributed by atoms with E-state index in [1.165, 1.54) is 45.2 Å². The lowest BCUT2D eigenvalue weighted by molar-refractivity contribution is 0.106. The lowest BCUT2D eigenvalue weighted by atomic mass is 9.92. The van der Waals surface area contributed by atoms with Gasteiger partial charge in [-0.25, -0.2) is 0 Å². The van der Waals surface area contributed by atoms with Gasteiger partial charge in [0, 0.05) is 19.7 Å². The monoisotopic (exact) mass is 209 g/mol. The first-order valence-corrected chi connectivity index (χ1v) is 6.36. The van der Waals surface area contributed by atoms with Crippen molar-refractivity contribution < 1.29 is 5.11 Å². The van der Waals surface area contributed by atoms with E-state index in [1.54, 1.807) is 0 Å². The summed E-state index contributed by atoms with van der Waals surface area (Å²) in [5.41, 5.74) is 0. The van der Waals surface area contributed by atoms with Crippen LogP contribution in [-0.4, -0.2) is 36.2 Å². The standard InChI is InChI=1S/C13H23NO/c15-11-13-7-4-8-14(10-13)9-12-5-2-1-3-6-12/h1-2,12-13,15H,3-11H2/t12-,13+/m0/s1. The van der Waals surface area contributed by atoms with Crippen LogP contribution in [0.15, 0.2) is 12.2 Å². The van der Waals surface area contributed by atoms with E-state index in [9.17, 15) is 5.11 Å². The number of allylic oxidation sites excluding steroid dienone is 2. The van der Waals surface area contributed by atoms with Crippen molar-refractivity contribution in [1.29, 1.82) is 0 Å². The number of aliphatic hydroxyl groups is 1. The number of piperidine rings is 1. The van der Waals surface area contributed by atoms with Crippen LogP contribution in [0.25, 0.3) is 0 Å². The van der Waals surface area contributed by atoms with Gasteiger partial charge in [-0.05, 0) is 50.5 Å². The summed E-state index contributed by atoms with van der Waals surface area (Å²) < 4.78 is 0. The van der Waals surface area contributed by atoms with Gasteiger partial charge in [0.1, 0.15) is 0 Å². The fourth-order valence-electron chi connectivity index (χ4n) is 2.85. The first-order chi connectivity index (χ1) is 7.38. The summed E-state index contributed by atoms with van der Waals surface area (Å²) in [5.74, 6) is 1.41. The van der Waals surface area contributed by atoms with Crippen LogP contribution in [0.4, 0.5) is 0 Å². The maximum atomic E-state index is 9.18. The molecule has 0 unspecified atom stereocenters. The van der Waals surface area contributed by atoms with Crippen LogP contribution >= 0.6 is 0 Å². The van der Waals surface area contributed by atoms with Crippen LogP contribution < -0.4 is 0 Å². The molecule has 0 bridgehead atoms. The molecule has 2 atom stereocenters. The Kier molecular flexibility index (Phi) is 4.21. The number of hydrogen-bond acceptors (Lipinski definition) is 2. The maximum Gasteiger partial charge on any atom is 0.0471 e. The van der Waals surface area contributed by atoms with Crippen molar-refractivity contribution >= 4 is 0 Å². The average molecular weight is 209 g/mol. The molecule has 1 fully saturated rings. The molecule has 0 saturated carbocycles. The molecular weight excluding hydrogens is 186 g/mol. The van der Waals surface area contributed by atoms with Gasteiger partial charge in [-0.1, -0.05) is 12.2 Å². The molecule has 0 spiro atoms. The van der Waals surface area contributed by atoms with Gasteiger partial charge in [-0.2, -0.15) is 0 Å². The quantitative estimate of drug-likeness (QED) is 0.719. The number of rotatable bonds is 3. The molecule has 1 heterocycles. The highest BCUT2D eigenvalue weighted by molar-refractivity contribution is 4.91. The first kappa shape index (κ1) is 11.2. The van der Waals surface area contributed by atoms with Crippen LogP contribution in [-0.2, 0) is 0 Å². The third kappa shape index (κ3) is 3.32. The zero-order chi connectivity index (χ0) is 10.5. The van der Waals surface area contributed by atoms with Gasteiger partial charge in [0.05, 0.1) is 0 Å². The molecule has 2 rings (SSSR count). The minimum absolute atomic E-state index is 0.376. The predicted octanol–water partition coefficient (Wildman–Crippen LogP) is 2.05. The highest BCUT2D eigenvalue weighted by Gasteiger charge is 2.21. The molecule has 1 aliphatic heterocycles. The fourth-order valence-corrected chi connectivity index (χ4v) is 2.85. The van der Waals surface area contributed by atoms with Crippen LogP contribution in [0.1, 0.15) is 32.1 Å². The predicted molar refractivity (Wildman–Crippen MR) is 62.7 cm³/mol. The Bertz CT molecular complexity index is 215. The molecule has 0 aromatic carbocycles. The molecule has 0 amide bonds.